The average Bonchev–Trinajstić information content (AvgIpc) is 2.78. The standard InChI is InChI=1S/C16H15ClFN3OS/c1-7-9(3)23-16-13(7)15(22)20-14(21-16)8(2)19-10-4-5-12(18)11(17)6-10/h4-6,8,19H,1-3H3,(H,20,21,22). The number of rotatable bonds is 3. The van der Waals surface area contributed by atoms with Crippen LogP contribution >= 0.6 is 22.9 Å². The molecule has 4 nitrogen and oxygen atoms in total. The number of nitrogens with one attached hydrogen (secondary N) is 2. The van der Waals surface area contributed by atoms with Gasteiger partial charge in [0.05, 0.1) is 16.5 Å². The van der Waals surface area contributed by atoms with Crippen LogP contribution in [-0.4, -0.2) is 9.97 Å². The third kappa shape index (κ3) is 2.96. The fraction of sp³-hybridized carbons (Fsp3) is 0.250. The van der Waals surface area contributed by atoms with Gasteiger partial charge >= 0.3 is 0 Å². The molecule has 1 atom stereocenters. The number of aromatic amines is 1. The summed E-state index contributed by atoms with van der Waals surface area (Å²) in [6.07, 6.45) is 0. The van der Waals surface area contributed by atoms with E-state index in [0.29, 0.717) is 16.9 Å². The molecule has 3 rings (SSSR count). The number of halogens is 2. The number of hydrogen-bond donors (Lipinski definition) is 2. The molecule has 120 valence electrons. The first-order chi connectivity index (χ1) is 10.9. The molecule has 0 aliphatic heterocycles. The molecule has 0 aliphatic carbocycles. The normalized spacial score (nSPS) is 12.6. The lowest BCUT2D eigenvalue weighted by Gasteiger charge is -2.14. The molecular formula is C16H15ClFN3OS. The number of H-pyrrole nitrogens is 1. The molecule has 2 N–H and O–H groups in total. The Hall–Kier alpha value is -1.92. The van der Waals surface area contributed by atoms with Gasteiger partial charge in [-0.05, 0) is 44.5 Å². The summed E-state index contributed by atoms with van der Waals surface area (Å²) in [7, 11) is 0. The van der Waals surface area contributed by atoms with E-state index in [2.05, 4.69) is 15.3 Å². The molecule has 1 unspecified atom stereocenters. The van der Waals surface area contributed by atoms with Crippen molar-refractivity contribution in [1.82, 2.24) is 9.97 Å². The zero-order chi connectivity index (χ0) is 16.7. The minimum atomic E-state index is -0.470. The third-order valence-corrected chi connectivity index (χ3v) is 5.16. The number of fused-ring (bicyclic) bond motifs is 1. The zero-order valence-electron chi connectivity index (χ0n) is 12.8. The molecular weight excluding hydrogens is 337 g/mol. The molecule has 3 aromatic rings. The predicted molar refractivity (Wildman–Crippen MR) is 93.2 cm³/mol. The number of aryl methyl sites for hydroxylation is 2. The van der Waals surface area contributed by atoms with Gasteiger partial charge in [-0.1, -0.05) is 11.6 Å². The molecule has 0 bridgehead atoms. The Bertz CT molecular complexity index is 950. The van der Waals surface area contributed by atoms with E-state index in [1.165, 1.54) is 23.5 Å². The summed E-state index contributed by atoms with van der Waals surface area (Å²) in [5, 5.41) is 3.85. The van der Waals surface area contributed by atoms with E-state index in [4.69, 9.17) is 11.6 Å². The van der Waals surface area contributed by atoms with Gasteiger partial charge in [0.15, 0.2) is 0 Å². The van der Waals surface area contributed by atoms with Gasteiger partial charge in [0, 0.05) is 10.6 Å². The van der Waals surface area contributed by atoms with Gasteiger partial charge in [0.2, 0.25) is 0 Å². The zero-order valence-corrected chi connectivity index (χ0v) is 14.4. The van der Waals surface area contributed by atoms with Gasteiger partial charge in [-0.3, -0.25) is 4.79 Å². The first-order valence-corrected chi connectivity index (χ1v) is 8.27. The third-order valence-electron chi connectivity index (χ3n) is 3.77. The largest absolute Gasteiger partial charge is 0.375 e. The van der Waals surface area contributed by atoms with E-state index < -0.39 is 5.82 Å². The number of aromatic nitrogens is 2. The molecule has 0 radical (unpaired) electrons. The highest BCUT2D eigenvalue weighted by Gasteiger charge is 2.15. The highest BCUT2D eigenvalue weighted by Crippen LogP contribution is 2.27. The second-order valence-electron chi connectivity index (χ2n) is 5.41. The molecule has 0 fully saturated rings. The molecule has 0 aliphatic rings. The summed E-state index contributed by atoms with van der Waals surface area (Å²) in [4.78, 5) is 21.5. The van der Waals surface area contributed by atoms with Crippen LogP contribution in [0.5, 0.6) is 0 Å². The number of nitrogens with zero attached hydrogens (tertiary/aromatic N) is 1. The molecule has 23 heavy (non-hydrogen) atoms. The fourth-order valence-electron chi connectivity index (χ4n) is 2.38. The van der Waals surface area contributed by atoms with E-state index in [1.54, 1.807) is 6.07 Å². The fourth-order valence-corrected chi connectivity index (χ4v) is 3.60. The maximum atomic E-state index is 13.2. The van der Waals surface area contributed by atoms with Crippen molar-refractivity contribution in [3.05, 3.63) is 55.7 Å². The Morgan fingerprint density at radius 3 is 2.83 bits per heavy atom. The van der Waals surface area contributed by atoms with E-state index in [-0.39, 0.29) is 16.6 Å². The van der Waals surface area contributed by atoms with Gasteiger partial charge < -0.3 is 10.3 Å². The lowest BCUT2D eigenvalue weighted by atomic mass is 10.2. The highest BCUT2D eigenvalue weighted by molar-refractivity contribution is 7.18. The van der Waals surface area contributed by atoms with Gasteiger partial charge in [0.25, 0.3) is 5.56 Å². The highest BCUT2D eigenvalue weighted by atomic mass is 35.5. The molecule has 0 saturated carbocycles. The van der Waals surface area contributed by atoms with Crippen molar-refractivity contribution in [2.24, 2.45) is 0 Å². The minimum Gasteiger partial charge on any atom is -0.375 e. The summed E-state index contributed by atoms with van der Waals surface area (Å²) in [6.45, 7) is 5.77. The van der Waals surface area contributed by atoms with E-state index in [1.807, 2.05) is 20.8 Å². The first-order valence-electron chi connectivity index (χ1n) is 7.08. The Morgan fingerprint density at radius 1 is 1.39 bits per heavy atom. The van der Waals surface area contributed by atoms with Crippen molar-refractivity contribution in [3.8, 4) is 0 Å². The van der Waals surface area contributed by atoms with Gasteiger partial charge in [-0.2, -0.15) is 0 Å². The second kappa shape index (κ2) is 5.94. The number of anilines is 1. The Balaban J connectivity index is 1.96. The number of thiophene rings is 1. The predicted octanol–water partition coefficient (Wildman–Crippen LogP) is 4.57. The van der Waals surface area contributed by atoms with Crippen molar-refractivity contribution >= 4 is 38.8 Å². The summed E-state index contributed by atoms with van der Waals surface area (Å²) < 4.78 is 13.2. The number of benzene rings is 1. The smallest absolute Gasteiger partial charge is 0.259 e. The number of hydrogen-bond acceptors (Lipinski definition) is 4. The molecule has 2 aromatic heterocycles. The maximum absolute atomic E-state index is 13.2. The Labute approximate surface area is 141 Å². The van der Waals surface area contributed by atoms with Crippen molar-refractivity contribution in [2.45, 2.75) is 26.8 Å². The summed E-state index contributed by atoms with van der Waals surface area (Å²) in [6, 6.07) is 4.14. The Kier molecular flexibility index (Phi) is 4.12. The van der Waals surface area contributed by atoms with Crippen molar-refractivity contribution in [2.75, 3.05) is 5.32 Å². The molecule has 0 spiro atoms. The average molecular weight is 352 g/mol. The van der Waals surface area contributed by atoms with Crippen LogP contribution in [0.15, 0.2) is 23.0 Å². The van der Waals surface area contributed by atoms with E-state index in [9.17, 15) is 9.18 Å². The van der Waals surface area contributed by atoms with Crippen LogP contribution in [-0.2, 0) is 0 Å². The second-order valence-corrected chi connectivity index (χ2v) is 7.02. The monoisotopic (exact) mass is 351 g/mol. The van der Waals surface area contributed by atoms with Crippen LogP contribution < -0.4 is 10.9 Å². The SMILES string of the molecule is Cc1sc2nc(C(C)Nc3ccc(F)c(Cl)c3)[nH]c(=O)c2c1C. The van der Waals surface area contributed by atoms with Crippen molar-refractivity contribution < 1.29 is 4.39 Å². The first kappa shape index (κ1) is 16.0. The molecule has 0 amide bonds. The topological polar surface area (TPSA) is 57.8 Å². The lowest BCUT2D eigenvalue weighted by Crippen LogP contribution is -2.17. The van der Waals surface area contributed by atoms with Crippen LogP contribution in [0.25, 0.3) is 10.2 Å². The lowest BCUT2D eigenvalue weighted by molar-refractivity contribution is 0.628. The van der Waals surface area contributed by atoms with E-state index in [0.717, 1.165) is 15.3 Å². The molecule has 0 saturated heterocycles. The van der Waals surface area contributed by atoms with Gasteiger partial charge in [0.1, 0.15) is 16.5 Å². The molecule has 2 heterocycles. The van der Waals surface area contributed by atoms with Crippen LogP contribution in [0.3, 0.4) is 0 Å². The molecule has 1 aromatic carbocycles. The quantitative estimate of drug-likeness (QED) is 0.726. The summed E-state index contributed by atoms with van der Waals surface area (Å²) >= 11 is 7.29. The van der Waals surface area contributed by atoms with Crippen LogP contribution in [0.2, 0.25) is 5.02 Å². The minimum absolute atomic E-state index is 0.0450. The molecule has 7 heteroatoms. The Morgan fingerprint density at radius 2 is 2.13 bits per heavy atom. The van der Waals surface area contributed by atoms with Gasteiger partial charge in [-0.25, -0.2) is 9.37 Å². The van der Waals surface area contributed by atoms with Crippen molar-refractivity contribution in [3.63, 3.8) is 0 Å². The van der Waals surface area contributed by atoms with Crippen LogP contribution in [0.1, 0.15) is 29.2 Å². The summed E-state index contributed by atoms with van der Waals surface area (Å²) in [5.74, 6) is 0.0616. The van der Waals surface area contributed by atoms with Crippen LogP contribution in [0, 0.1) is 19.7 Å². The summed E-state index contributed by atoms with van der Waals surface area (Å²) in [5.41, 5.74) is 1.49. The van der Waals surface area contributed by atoms with Crippen molar-refractivity contribution in [1.29, 1.82) is 0 Å². The van der Waals surface area contributed by atoms with Crippen LogP contribution in [0.4, 0.5) is 10.1 Å². The van der Waals surface area contributed by atoms with Gasteiger partial charge in [-0.15, -0.1) is 11.3 Å². The van der Waals surface area contributed by atoms with E-state index >= 15 is 0 Å². The maximum Gasteiger partial charge on any atom is 0.259 e.